The summed E-state index contributed by atoms with van der Waals surface area (Å²) in [6.45, 7) is 11.7. The number of aromatic nitrogens is 4. The molecule has 0 radical (unpaired) electrons. The number of methoxy groups -OCH3 is 1. The molecule has 1 saturated heterocycles. The van der Waals surface area contributed by atoms with Crippen LogP contribution in [0.2, 0.25) is 5.02 Å². The fraction of sp³-hybridized carbons (Fsp3) is 0.632. The molecule has 0 N–H and O–H groups in total. The van der Waals surface area contributed by atoms with E-state index >= 15 is 0 Å². The van der Waals surface area contributed by atoms with Crippen LogP contribution in [0.1, 0.15) is 31.3 Å². The maximum Gasteiger partial charge on any atom is 0.168 e. The fourth-order valence-corrected chi connectivity index (χ4v) is 3.97. The molecule has 148 valence electrons. The smallest absolute Gasteiger partial charge is 0.168 e. The predicted molar refractivity (Wildman–Crippen MR) is 107 cm³/mol. The van der Waals surface area contributed by atoms with Gasteiger partial charge in [0.2, 0.25) is 0 Å². The van der Waals surface area contributed by atoms with Crippen LogP contribution in [0.4, 0.5) is 5.69 Å². The van der Waals surface area contributed by atoms with Crippen LogP contribution in [0.25, 0.3) is 0 Å². The number of tetrazole rings is 1. The summed E-state index contributed by atoms with van der Waals surface area (Å²) in [5.41, 5.74) is 2.49. The first-order chi connectivity index (χ1) is 13.0. The Morgan fingerprint density at radius 2 is 1.93 bits per heavy atom. The van der Waals surface area contributed by atoms with E-state index in [1.165, 1.54) is 11.3 Å². The number of anilines is 1. The van der Waals surface area contributed by atoms with Gasteiger partial charge in [-0.05, 0) is 41.0 Å². The highest BCUT2D eigenvalue weighted by molar-refractivity contribution is 6.30. The number of halogens is 1. The van der Waals surface area contributed by atoms with Crippen molar-refractivity contribution in [2.24, 2.45) is 5.92 Å². The highest BCUT2D eigenvalue weighted by Gasteiger charge is 2.31. The summed E-state index contributed by atoms with van der Waals surface area (Å²) < 4.78 is 7.07. The van der Waals surface area contributed by atoms with E-state index in [2.05, 4.69) is 58.2 Å². The highest BCUT2D eigenvalue weighted by atomic mass is 35.5. The number of piperazine rings is 1. The van der Waals surface area contributed by atoms with Gasteiger partial charge < -0.3 is 9.64 Å². The van der Waals surface area contributed by atoms with Crippen LogP contribution in [-0.2, 0) is 11.3 Å². The SMILES string of the molecule is COCCn1nnnc1[C@@H](C(C)C)N1CCN(c2cc(Cl)ccc2C)CC1. The van der Waals surface area contributed by atoms with Crippen LogP contribution in [0.5, 0.6) is 0 Å². The molecule has 3 rings (SSSR count). The summed E-state index contributed by atoms with van der Waals surface area (Å²) in [5.74, 6) is 1.34. The standard InChI is InChI=1S/C19H29ClN6O/c1-14(2)18(19-21-22-23-26(19)11-12-27-4)25-9-7-24(8-10-25)17-13-16(20)6-5-15(17)3/h5-6,13-14,18H,7-12H2,1-4H3/t18-/m1/s1. The van der Waals surface area contributed by atoms with Gasteiger partial charge in [-0.1, -0.05) is 31.5 Å². The van der Waals surface area contributed by atoms with Gasteiger partial charge in [0.15, 0.2) is 5.82 Å². The number of benzene rings is 1. The number of hydrogen-bond acceptors (Lipinski definition) is 6. The zero-order chi connectivity index (χ0) is 19.4. The molecule has 0 amide bonds. The van der Waals surface area contributed by atoms with Gasteiger partial charge in [-0.25, -0.2) is 4.68 Å². The summed E-state index contributed by atoms with van der Waals surface area (Å²) >= 11 is 6.21. The average molecular weight is 393 g/mol. The topological polar surface area (TPSA) is 59.3 Å². The molecular weight excluding hydrogens is 364 g/mol. The van der Waals surface area contributed by atoms with Crippen molar-refractivity contribution >= 4 is 17.3 Å². The second kappa shape index (κ2) is 8.99. The first kappa shape index (κ1) is 20.0. The van der Waals surface area contributed by atoms with Gasteiger partial charge in [0, 0.05) is 44.0 Å². The Balaban J connectivity index is 1.73. The lowest BCUT2D eigenvalue weighted by atomic mass is 10.0. The summed E-state index contributed by atoms with van der Waals surface area (Å²) in [4.78, 5) is 4.92. The predicted octanol–water partition coefficient (Wildman–Crippen LogP) is 2.80. The molecule has 27 heavy (non-hydrogen) atoms. The van der Waals surface area contributed by atoms with E-state index in [4.69, 9.17) is 16.3 Å². The quantitative estimate of drug-likeness (QED) is 0.722. The molecule has 1 aromatic heterocycles. The van der Waals surface area contributed by atoms with E-state index in [-0.39, 0.29) is 6.04 Å². The Hall–Kier alpha value is -1.70. The van der Waals surface area contributed by atoms with Crippen LogP contribution < -0.4 is 4.90 Å². The Bertz CT molecular complexity index is 742. The largest absolute Gasteiger partial charge is 0.383 e. The van der Waals surface area contributed by atoms with E-state index in [0.29, 0.717) is 19.1 Å². The number of rotatable bonds is 7. The number of hydrogen-bond donors (Lipinski definition) is 0. The summed E-state index contributed by atoms with van der Waals surface area (Å²) in [5, 5.41) is 13.2. The first-order valence-corrected chi connectivity index (χ1v) is 9.89. The third kappa shape index (κ3) is 4.59. The Morgan fingerprint density at radius 1 is 1.19 bits per heavy atom. The molecule has 0 spiro atoms. The van der Waals surface area contributed by atoms with Gasteiger partial charge in [-0.15, -0.1) is 5.10 Å². The van der Waals surface area contributed by atoms with Gasteiger partial charge >= 0.3 is 0 Å². The average Bonchev–Trinajstić information content (AvgIpc) is 3.10. The minimum Gasteiger partial charge on any atom is -0.383 e. The molecule has 7 nitrogen and oxygen atoms in total. The fourth-order valence-electron chi connectivity index (χ4n) is 3.81. The third-order valence-corrected chi connectivity index (χ3v) is 5.42. The second-order valence-electron chi connectivity index (χ2n) is 7.40. The lowest BCUT2D eigenvalue weighted by Gasteiger charge is -2.41. The Morgan fingerprint density at radius 3 is 2.59 bits per heavy atom. The van der Waals surface area contributed by atoms with Gasteiger partial charge in [-0.3, -0.25) is 4.90 Å². The van der Waals surface area contributed by atoms with Crippen LogP contribution >= 0.6 is 11.6 Å². The minimum absolute atomic E-state index is 0.194. The molecule has 1 atom stereocenters. The van der Waals surface area contributed by atoms with Crippen molar-refractivity contribution in [2.75, 3.05) is 44.8 Å². The maximum atomic E-state index is 6.21. The van der Waals surface area contributed by atoms with Gasteiger partial charge in [-0.2, -0.15) is 0 Å². The van der Waals surface area contributed by atoms with Crippen molar-refractivity contribution < 1.29 is 4.74 Å². The molecule has 2 aromatic rings. The molecule has 1 aromatic carbocycles. The van der Waals surface area contributed by atoms with Gasteiger partial charge in [0.1, 0.15) is 0 Å². The maximum absolute atomic E-state index is 6.21. The third-order valence-electron chi connectivity index (χ3n) is 5.18. The number of ether oxygens (including phenoxy) is 1. The molecule has 8 heteroatoms. The van der Waals surface area contributed by atoms with E-state index in [1.807, 2.05) is 10.7 Å². The van der Waals surface area contributed by atoms with Gasteiger partial charge in [0.25, 0.3) is 0 Å². The molecule has 1 aliphatic heterocycles. The normalized spacial score (nSPS) is 16.9. The van der Waals surface area contributed by atoms with Gasteiger partial charge in [0.05, 0.1) is 19.2 Å². The summed E-state index contributed by atoms with van der Waals surface area (Å²) in [6, 6.07) is 6.30. The molecule has 0 saturated carbocycles. The molecule has 0 unspecified atom stereocenters. The van der Waals surface area contributed by atoms with Crippen molar-refractivity contribution in [3.05, 3.63) is 34.6 Å². The van der Waals surface area contributed by atoms with Crippen molar-refractivity contribution in [1.82, 2.24) is 25.1 Å². The van der Waals surface area contributed by atoms with Crippen molar-refractivity contribution in [1.29, 1.82) is 0 Å². The molecular formula is C19H29ClN6O. The van der Waals surface area contributed by atoms with Crippen LogP contribution in [0.15, 0.2) is 18.2 Å². The molecule has 0 bridgehead atoms. The van der Waals surface area contributed by atoms with E-state index in [0.717, 1.165) is 37.0 Å². The number of aryl methyl sites for hydroxylation is 1. The van der Waals surface area contributed by atoms with E-state index in [9.17, 15) is 0 Å². The van der Waals surface area contributed by atoms with E-state index in [1.54, 1.807) is 7.11 Å². The van der Waals surface area contributed by atoms with Crippen molar-refractivity contribution in [3.63, 3.8) is 0 Å². The molecule has 2 heterocycles. The zero-order valence-electron chi connectivity index (χ0n) is 16.6. The number of nitrogens with zero attached hydrogens (tertiary/aromatic N) is 6. The second-order valence-corrected chi connectivity index (χ2v) is 7.83. The molecule has 1 fully saturated rings. The van der Waals surface area contributed by atoms with Crippen LogP contribution in [0.3, 0.4) is 0 Å². The minimum atomic E-state index is 0.194. The lowest BCUT2D eigenvalue weighted by Crippen LogP contribution is -2.49. The zero-order valence-corrected chi connectivity index (χ0v) is 17.4. The molecule has 1 aliphatic rings. The Labute approximate surface area is 166 Å². The highest BCUT2D eigenvalue weighted by Crippen LogP contribution is 2.30. The monoisotopic (exact) mass is 392 g/mol. The van der Waals surface area contributed by atoms with Crippen LogP contribution in [-0.4, -0.2) is 65.0 Å². The lowest BCUT2D eigenvalue weighted by molar-refractivity contribution is 0.129. The van der Waals surface area contributed by atoms with Crippen molar-refractivity contribution in [2.45, 2.75) is 33.4 Å². The van der Waals surface area contributed by atoms with Crippen LogP contribution in [0, 0.1) is 12.8 Å². The molecule has 0 aliphatic carbocycles. The Kier molecular flexibility index (Phi) is 6.68. The van der Waals surface area contributed by atoms with Crippen molar-refractivity contribution in [3.8, 4) is 0 Å². The summed E-state index contributed by atoms with van der Waals surface area (Å²) in [6.07, 6.45) is 0. The first-order valence-electron chi connectivity index (χ1n) is 9.51. The van der Waals surface area contributed by atoms with E-state index < -0.39 is 0 Å². The summed E-state index contributed by atoms with van der Waals surface area (Å²) in [7, 11) is 1.70.